The number of benzene rings is 1. The van der Waals surface area contributed by atoms with Crippen molar-refractivity contribution < 1.29 is 9.13 Å². The molecular weight excluding hydrogens is 177 g/mol. The summed E-state index contributed by atoms with van der Waals surface area (Å²) < 4.78 is 17.5. The number of isothiocyanates is 1. The fraction of sp³-hybridized carbons (Fsp3) is 0.125. The SMILES string of the molecule is COc1cc(F)ccc1N=C=S. The van der Waals surface area contributed by atoms with Crippen molar-refractivity contribution in [3.8, 4) is 5.75 Å². The molecule has 2 nitrogen and oxygen atoms in total. The van der Waals surface area contributed by atoms with E-state index in [0.717, 1.165) is 0 Å². The molecule has 0 aromatic heterocycles. The fourth-order valence-electron chi connectivity index (χ4n) is 0.793. The van der Waals surface area contributed by atoms with Gasteiger partial charge in [0.25, 0.3) is 0 Å². The maximum Gasteiger partial charge on any atom is 0.148 e. The summed E-state index contributed by atoms with van der Waals surface area (Å²) >= 11 is 4.41. The molecule has 4 heteroatoms. The standard InChI is InChI=1S/C8H6FNOS/c1-11-8-4-6(9)2-3-7(8)10-5-12/h2-4H,1H3. The highest BCUT2D eigenvalue weighted by Gasteiger charge is 2.01. The Labute approximate surface area is 74.7 Å². The Morgan fingerprint density at radius 1 is 1.58 bits per heavy atom. The third-order valence-electron chi connectivity index (χ3n) is 1.31. The first-order valence-electron chi connectivity index (χ1n) is 3.19. The number of hydrogen-bond acceptors (Lipinski definition) is 3. The second-order valence-electron chi connectivity index (χ2n) is 2.02. The molecule has 0 N–H and O–H groups in total. The van der Waals surface area contributed by atoms with Crippen molar-refractivity contribution in [2.75, 3.05) is 7.11 Å². The molecule has 0 atom stereocenters. The fourth-order valence-corrected chi connectivity index (χ4v) is 0.891. The van der Waals surface area contributed by atoms with Gasteiger partial charge in [0.15, 0.2) is 0 Å². The van der Waals surface area contributed by atoms with Crippen LogP contribution in [0.5, 0.6) is 5.75 Å². The number of rotatable bonds is 2. The molecule has 0 saturated heterocycles. The van der Waals surface area contributed by atoms with Crippen molar-refractivity contribution in [1.82, 2.24) is 0 Å². The van der Waals surface area contributed by atoms with Crippen molar-refractivity contribution in [1.29, 1.82) is 0 Å². The molecule has 12 heavy (non-hydrogen) atoms. The lowest BCUT2D eigenvalue weighted by atomic mass is 10.3. The van der Waals surface area contributed by atoms with Crippen LogP contribution in [0, 0.1) is 5.82 Å². The average molecular weight is 183 g/mol. The first kappa shape index (κ1) is 8.84. The monoisotopic (exact) mass is 183 g/mol. The van der Waals surface area contributed by atoms with Crippen LogP contribution in [0.1, 0.15) is 0 Å². The summed E-state index contributed by atoms with van der Waals surface area (Å²) in [4.78, 5) is 3.69. The number of aliphatic imine (C=N–C) groups is 1. The molecule has 0 unspecified atom stereocenters. The van der Waals surface area contributed by atoms with Gasteiger partial charge in [-0.1, -0.05) is 0 Å². The average Bonchev–Trinajstić information content (AvgIpc) is 2.08. The zero-order valence-electron chi connectivity index (χ0n) is 6.37. The van der Waals surface area contributed by atoms with Gasteiger partial charge in [0.2, 0.25) is 0 Å². The second-order valence-corrected chi connectivity index (χ2v) is 2.20. The van der Waals surface area contributed by atoms with E-state index in [2.05, 4.69) is 22.4 Å². The lowest BCUT2D eigenvalue weighted by Crippen LogP contribution is -1.84. The molecule has 0 amide bonds. The molecule has 0 radical (unpaired) electrons. The predicted molar refractivity (Wildman–Crippen MR) is 47.6 cm³/mol. The van der Waals surface area contributed by atoms with Gasteiger partial charge in [-0.3, -0.25) is 0 Å². The van der Waals surface area contributed by atoms with Gasteiger partial charge in [-0.2, -0.15) is 4.99 Å². The van der Waals surface area contributed by atoms with Crippen LogP contribution >= 0.6 is 12.2 Å². The number of halogens is 1. The molecule has 62 valence electrons. The van der Waals surface area contributed by atoms with Gasteiger partial charge >= 0.3 is 0 Å². The highest BCUT2D eigenvalue weighted by molar-refractivity contribution is 7.78. The van der Waals surface area contributed by atoms with Crippen molar-refractivity contribution in [3.05, 3.63) is 24.0 Å². The Balaban J connectivity index is 3.19. The third kappa shape index (κ3) is 1.87. The minimum Gasteiger partial charge on any atom is -0.494 e. The second kappa shape index (κ2) is 3.95. The summed E-state index contributed by atoms with van der Waals surface area (Å²) in [6, 6.07) is 4.01. The van der Waals surface area contributed by atoms with Gasteiger partial charge in [0, 0.05) is 6.07 Å². The number of thiocarbonyl (C=S) groups is 1. The molecule has 0 heterocycles. The topological polar surface area (TPSA) is 21.6 Å². The van der Waals surface area contributed by atoms with Crippen LogP contribution in [0.3, 0.4) is 0 Å². The molecule has 1 aromatic rings. The van der Waals surface area contributed by atoms with Crippen LogP contribution in [-0.4, -0.2) is 12.3 Å². The van der Waals surface area contributed by atoms with Crippen molar-refractivity contribution in [2.24, 2.45) is 4.99 Å². The molecule has 1 rings (SSSR count). The van der Waals surface area contributed by atoms with Gasteiger partial charge in [-0.15, -0.1) is 0 Å². The third-order valence-corrected chi connectivity index (χ3v) is 1.40. The number of nitrogens with zero attached hydrogens (tertiary/aromatic N) is 1. The van der Waals surface area contributed by atoms with E-state index >= 15 is 0 Å². The first-order valence-corrected chi connectivity index (χ1v) is 3.60. The van der Waals surface area contributed by atoms with E-state index in [1.165, 1.54) is 25.3 Å². The van der Waals surface area contributed by atoms with E-state index < -0.39 is 0 Å². The summed E-state index contributed by atoms with van der Waals surface area (Å²) in [5.41, 5.74) is 0.480. The lowest BCUT2D eigenvalue weighted by molar-refractivity contribution is 0.413. The summed E-state index contributed by atoms with van der Waals surface area (Å²) in [6.07, 6.45) is 0. The van der Waals surface area contributed by atoms with Crippen LogP contribution in [0.15, 0.2) is 23.2 Å². The first-order chi connectivity index (χ1) is 5.77. The minimum atomic E-state index is -0.366. The predicted octanol–water partition coefficient (Wildman–Crippen LogP) is 2.57. The summed E-state index contributed by atoms with van der Waals surface area (Å²) in [5.74, 6) is -0.0116. The zero-order valence-corrected chi connectivity index (χ0v) is 7.19. The van der Waals surface area contributed by atoms with E-state index in [1.54, 1.807) is 0 Å². The molecule has 0 aliphatic heterocycles. The molecular formula is C8H6FNOS. The van der Waals surface area contributed by atoms with Gasteiger partial charge in [-0.05, 0) is 24.4 Å². The van der Waals surface area contributed by atoms with Crippen molar-refractivity contribution >= 4 is 23.1 Å². The number of ether oxygens (including phenoxy) is 1. The summed E-state index contributed by atoms with van der Waals surface area (Å²) in [5, 5.41) is 2.18. The van der Waals surface area contributed by atoms with Crippen LogP contribution < -0.4 is 4.74 Å². The molecule has 0 aliphatic carbocycles. The van der Waals surface area contributed by atoms with Crippen molar-refractivity contribution in [2.45, 2.75) is 0 Å². The van der Waals surface area contributed by atoms with E-state index in [-0.39, 0.29) is 5.82 Å². The lowest BCUT2D eigenvalue weighted by Gasteiger charge is -2.01. The normalized spacial score (nSPS) is 8.83. The van der Waals surface area contributed by atoms with Crippen LogP contribution in [0.2, 0.25) is 0 Å². The Kier molecular flexibility index (Phi) is 2.91. The number of methoxy groups -OCH3 is 1. The molecule has 0 bridgehead atoms. The Hall–Kier alpha value is -1.25. The Bertz CT molecular complexity index is 334. The minimum absolute atomic E-state index is 0.354. The van der Waals surface area contributed by atoms with E-state index in [1.807, 2.05) is 0 Å². The van der Waals surface area contributed by atoms with Crippen LogP contribution in [-0.2, 0) is 0 Å². The van der Waals surface area contributed by atoms with Gasteiger partial charge in [0.05, 0.1) is 12.3 Å². The molecule has 1 aromatic carbocycles. The molecule has 0 spiro atoms. The maximum atomic E-state index is 12.6. The zero-order chi connectivity index (χ0) is 8.97. The molecule has 0 aliphatic rings. The highest BCUT2D eigenvalue weighted by Crippen LogP contribution is 2.26. The van der Waals surface area contributed by atoms with Crippen LogP contribution in [0.4, 0.5) is 10.1 Å². The molecule has 0 saturated carbocycles. The summed E-state index contributed by atoms with van der Waals surface area (Å²) in [6.45, 7) is 0. The molecule has 0 fully saturated rings. The van der Waals surface area contributed by atoms with Gasteiger partial charge in [-0.25, -0.2) is 4.39 Å². The van der Waals surface area contributed by atoms with Crippen molar-refractivity contribution in [3.63, 3.8) is 0 Å². The van der Waals surface area contributed by atoms with Gasteiger partial charge in [0.1, 0.15) is 17.3 Å². The smallest absolute Gasteiger partial charge is 0.148 e. The number of hydrogen-bond donors (Lipinski definition) is 0. The van der Waals surface area contributed by atoms with Crippen LogP contribution in [0.25, 0.3) is 0 Å². The van der Waals surface area contributed by atoms with Gasteiger partial charge < -0.3 is 4.74 Å². The largest absolute Gasteiger partial charge is 0.494 e. The quantitative estimate of drug-likeness (QED) is 0.519. The Morgan fingerprint density at radius 2 is 2.33 bits per heavy atom. The Morgan fingerprint density at radius 3 is 2.92 bits per heavy atom. The van der Waals surface area contributed by atoms with E-state index in [0.29, 0.717) is 11.4 Å². The summed E-state index contributed by atoms with van der Waals surface area (Å²) in [7, 11) is 1.44. The maximum absolute atomic E-state index is 12.6. The highest BCUT2D eigenvalue weighted by atomic mass is 32.1. The van der Waals surface area contributed by atoms with E-state index in [9.17, 15) is 4.39 Å². The van der Waals surface area contributed by atoms with E-state index in [4.69, 9.17) is 4.74 Å².